The molecule has 2 heterocycles. The Bertz CT molecular complexity index is 1530. The highest BCUT2D eigenvalue weighted by atomic mass is 79.9. The van der Waals surface area contributed by atoms with Gasteiger partial charge in [-0.15, -0.1) is 0 Å². The van der Waals surface area contributed by atoms with Crippen LogP contribution < -0.4 is 5.32 Å². The average molecular weight is 651 g/mol. The maximum Gasteiger partial charge on any atom is 0.410 e. The molecule has 9 nitrogen and oxygen atoms in total. The van der Waals surface area contributed by atoms with Crippen LogP contribution in [0.15, 0.2) is 65.1 Å². The minimum Gasteiger partial charge on any atom is -0.508 e. The zero-order chi connectivity index (χ0) is 30.9. The molecule has 3 aromatic carbocycles. The zero-order valence-corrected chi connectivity index (χ0v) is 26.1. The summed E-state index contributed by atoms with van der Waals surface area (Å²) < 4.78 is 6.52. The third-order valence-electron chi connectivity index (χ3n) is 7.76. The smallest absolute Gasteiger partial charge is 0.410 e. The number of halogens is 1. The molecule has 0 unspecified atom stereocenters. The molecule has 0 saturated carbocycles. The Kier molecular flexibility index (Phi) is 8.80. The standard InChI is InChI=1S/C33H36BrN3O6/c1-33(2,3)43-32(42)37-19-25-15-27(38)11-8-21(25)16-28(37)29(39)17-35-30(40)23-4-5-24-18-36(13-12-22(24)14-23)31(41)20-6-9-26(34)10-7-20/h4-11,14-15,28-29,38-39H,12-13,16-19H2,1-3H3,(H,35,40)/t28-,29+/m0/s1. The molecule has 2 aliphatic rings. The van der Waals surface area contributed by atoms with Crippen LogP contribution in [0, 0.1) is 0 Å². The molecule has 2 atom stereocenters. The second kappa shape index (κ2) is 12.4. The Balaban J connectivity index is 1.23. The van der Waals surface area contributed by atoms with Crippen molar-refractivity contribution < 1.29 is 29.3 Å². The second-order valence-electron chi connectivity index (χ2n) is 12.1. The van der Waals surface area contributed by atoms with Gasteiger partial charge in [-0.05, 0) is 104 Å². The molecule has 0 spiro atoms. The Hall–Kier alpha value is -3.89. The fraction of sp³-hybridized carbons (Fsp3) is 0.364. The molecular formula is C33H36BrN3O6. The summed E-state index contributed by atoms with van der Waals surface area (Å²) >= 11 is 3.40. The summed E-state index contributed by atoms with van der Waals surface area (Å²) in [7, 11) is 0. The van der Waals surface area contributed by atoms with Crippen molar-refractivity contribution in [3.63, 3.8) is 0 Å². The number of hydrogen-bond acceptors (Lipinski definition) is 6. The van der Waals surface area contributed by atoms with Crippen LogP contribution in [-0.4, -0.2) is 68.8 Å². The highest BCUT2D eigenvalue weighted by Gasteiger charge is 2.37. The van der Waals surface area contributed by atoms with E-state index in [-0.39, 0.29) is 30.7 Å². The van der Waals surface area contributed by atoms with Crippen molar-refractivity contribution in [2.24, 2.45) is 0 Å². The van der Waals surface area contributed by atoms with E-state index in [1.807, 2.05) is 29.2 Å². The molecule has 226 valence electrons. The molecule has 0 bridgehead atoms. The number of aromatic hydroxyl groups is 1. The molecule has 43 heavy (non-hydrogen) atoms. The van der Waals surface area contributed by atoms with E-state index in [4.69, 9.17) is 4.74 Å². The van der Waals surface area contributed by atoms with E-state index in [2.05, 4.69) is 21.2 Å². The van der Waals surface area contributed by atoms with Gasteiger partial charge in [0, 0.05) is 41.8 Å². The van der Waals surface area contributed by atoms with Crippen LogP contribution in [0.4, 0.5) is 4.79 Å². The molecule has 0 radical (unpaired) electrons. The van der Waals surface area contributed by atoms with E-state index in [1.165, 1.54) is 4.90 Å². The number of aliphatic hydroxyl groups is 1. The van der Waals surface area contributed by atoms with Crippen molar-refractivity contribution in [2.75, 3.05) is 13.1 Å². The first-order chi connectivity index (χ1) is 20.4. The average Bonchev–Trinajstić information content (AvgIpc) is 2.97. The molecule has 3 N–H and O–H groups in total. The summed E-state index contributed by atoms with van der Waals surface area (Å²) in [6.45, 7) is 6.44. The van der Waals surface area contributed by atoms with Crippen molar-refractivity contribution in [1.29, 1.82) is 0 Å². The van der Waals surface area contributed by atoms with Gasteiger partial charge in [-0.1, -0.05) is 28.1 Å². The molecule has 0 saturated heterocycles. The molecule has 3 amide bonds. The zero-order valence-electron chi connectivity index (χ0n) is 24.5. The van der Waals surface area contributed by atoms with Gasteiger partial charge in [0.1, 0.15) is 11.4 Å². The number of fused-ring (bicyclic) bond motifs is 2. The van der Waals surface area contributed by atoms with Gasteiger partial charge in [-0.25, -0.2) is 4.79 Å². The normalized spacial score (nSPS) is 17.0. The Morgan fingerprint density at radius 3 is 2.37 bits per heavy atom. The first kappa shape index (κ1) is 30.6. The van der Waals surface area contributed by atoms with Gasteiger partial charge in [0.15, 0.2) is 0 Å². The van der Waals surface area contributed by atoms with Crippen molar-refractivity contribution in [3.05, 3.63) is 98.5 Å². The van der Waals surface area contributed by atoms with Gasteiger partial charge in [-0.2, -0.15) is 0 Å². The number of amides is 3. The Morgan fingerprint density at radius 2 is 1.65 bits per heavy atom. The molecule has 10 heteroatoms. The number of nitrogens with one attached hydrogen (secondary N) is 1. The topological polar surface area (TPSA) is 119 Å². The summed E-state index contributed by atoms with van der Waals surface area (Å²) in [6, 6.07) is 17.1. The van der Waals surface area contributed by atoms with E-state index in [9.17, 15) is 24.6 Å². The van der Waals surface area contributed by atoms with Crippen molar-refractivity contribution in [2.45, 2.75) is 64.4 Å². The minimum atomic E-state index is -1.06. The fourth-order valence-electron chi connectivity index (χ4n) is 5.54. The number of phenols is 1. The Morgan fingerprint density at radius 1 is 0.953 bits per heavy atom. The summed E-state index contributed by atoms with van der Waals surface area (Å²) in [6.07, 6.45) is -0.655. The lowest BCUT2D eigenvalue weighted by Crippen LogP contribution is -2.54. The van der Waals surface area contributed by atoms with E-state index < -0.39 is 23.8 Å². The number of phenolic OH excluding ortho intramolecular Hbond substituents is 1. The van der Waals surface area contributed by atoms with E-state index in [1.54, 1.807) is 57.2 Å². The van der Waals surface area contributed by atoms with Gasteiger partial charge in [0.2, 0.25) is 0 Å². The lowest BCUT2D eigenvalue weighted by Gasteiger charge is -2.40. The maximum atomic E-state index is 13.1. The fourth-order valence-corrected chi connectivity index (χ4v) is 5.80. The SMILES string of the molecule is CC(C)(C)OC(=O)N1Cc2cc(O)ccc2C[C@H]1[C@H](O)CNC(=O)c1ccc2c(c1)CCN(C(=O)c1ccc(Br)cc1)C2. The predicted octanol–water partition coefficient (Wildman–Crippen LogP) is 4.81. The van der Waals surface area contributed by atoms with Crippen LogP contribution >= 0.6 is 15.9 Å². The van der Waals surface area contributed by atoms with Gasteiger partial charge >= 0.3 is 6.09 Å². The third-order valence-corrected chi connectivity index (χ3v) is 8.29. The van der Waals surface area contributed by atoms with Crippen molar-refractivity contribution >= 4 is 33.8 Å². The number of carbonyl (C=O) groups is 3. The molecule has 0 aliphatic carbocycles. The van der Waals surface area contributed by atoms with E-state index >= 15 is 0 Å². The van der Waals surface area contributed by atoms with Gasteiger partial charge in [0.25, 0.3) is 11.8 Å². The molecule has 0 aromatic heterocycles. The number of hydrogen-bond donors (Lipinski definition) is 3. The summed E-state index contributed by atoms with van der Waals surface area (Å²) in [5.41, 5.74) is 4.07. The minimum absolute atomic E-state index is 0.0310. The van der Waals surface area contributed by atoms with Crippen molar-refractivity contribution in [3.8, 4) is 5.75 Å². The largest absolute Gasteiger partial charge is 0.508 e. The van der Waals surface area contributed by atoms with E-state index in [0.29, 0.717) is 37.1 Å². The Labute approximate surface area is 259 Å². The van der Waals surface area contributed by atoms with Gasteiger partial charge < -0.3 is 25.2 Å². The van der Waals surface area contributed by atoms with Crippen LogP contribution in [0.5, 0.6) is 5.75 Å². The lowest BCUT2D eigenvalue weighted by molar-refractivity contribution is -0.0113. The van der Waals surface area contributed by atoms with Crippen LogP contribution in [0.1, 0.15) is 63.7 Å². The summed E-state index contributed by atoms with van der Waals surface area (Å²) in [5.74, 6) is -0.264. The third kappa shape index (κ3) is 7.19. The first-order valence-electron chi connectivity index (χ1n) is 14.3. The van der Waals surface area contributed by atoms with E-state index in [0.717, 1.165) is 26.7 Å². The molecule has 0 fully saturated rings. The van der Waals surface area contributed by atoms with Gasteiger partial charge in [0.05, 0.1) is 12.1 Å². The molecule has 5 rings (SSSR count). The van der Waals surface area contributed by atoms with Crippen LogP contribution in [0.25, 0.3) is 0 Å². The number of rotatable bonds is 5. The number of carbonyl (C=O) groups excluding carboxylic acids is 3. The first-order valence-corrected chi connectivity index (χ1v) is 15.1. The monoisotopic (exact) mass is 649 g/mol. The second-order valence-corrected chi connectivity index (χ2v) is 13.0. The van der Waals surface area contributed by atoms with Crippen LogP contribution in [-0.2, 0) is 30.7 Å². The molecule has 2 aliphatic heterocycles. The lowest BCUT2D eigenvalue weighted by atomic mass is 9.91. The highest BCUT2D eigenvalue weighted by molar-refractivity contribution is 9.10. The quantitative estimate of drug-likeness (QED) is 0.365. The maximum absolute atomic E-state index is 13.1. The van der Waals surface area contributed by atoms with Crippen LogP contribution in [0.3, 0.4) is 0 Å². The summed E-state index contributed by atoms with van der Waals surface area (Å²) in [5, 5.41) is 24.0. The van der Waals surface area contributed by atoms with Gasteiger partial charge in [-0.3, -0.25) is 14.5 Å². The van der Waals surface area contributed by atoms with Crippen molar-refractivity contribution in [1.82, 2.24) is 15.1 Å². The molecular weight excluding hydrogens is 614 g/mol. The highest BCUT2D eigenvalue weighted by Crippen LogP contribution is 2.29. The molecule has 3 aromatic rings. The number of ether oxygens (including phenoxy) is 1. The number of benzene rings is 3. The van der Waals surface area contributed by atoms with Crippen LogP contribution in [0.2, 0.25) is 0 Å². The number of aliphatic hydroxyl groups excluding tert-OH is 1. The predicted molar refractivity (Wildman–Crippen MR) is 165 cm³/mol. The summed E-state index contributed by atoms with van der Waals surface area (Å²) in [4.78, 5) is 42.5. The number of nitrogens with zero attached hydrogens (tertiary/aromatic N) is 2.